The summed E-state index contributed by atoms with van der Waals surface area (Å²) >= 11 is 0. The Morgan fingerprint density at radius 3 is 2.20 bits per heavy atom. The minimum Gasteiger partial charge on any atom is -0.479 e. The highest BCUT2D eigenvalue weighted by atomic mass is 19.1. The van der Waals surface area contributed by atoms with Crippen molar-refractivity contribution >= 4 is 11.9 Å². The quantitative estimate of drug-likeness (QED) is 0.294. The summed E-state index contributed by atoms with van der Waals surface area (Å²) in [5.74, 6) is -4.82. The maximum Gasteiger partial charge on any atom is 0.344 e. The van der Waals surface area contributed by atoms with Gasteiger partial charge in [-0.05, 0) is 74.6 Å². The van der Waals surface area contributed by atoms with Gasteiger partial charge in [-0.3, -0.25) is 4.79 Å². The van der Waals surface area contributed by atoms with Gasteiger partial charge in [-0.25, -0.2) is 13.6 Å². The van der Waals surface area contributed by atoms with E-state index in [9.17, 15) is 23.5 Å². The van der Waals surface area contributed by atoms with Crippen LogP contribution in [0, 0.1) is 11.6 Å². The van der Waals surface area contributed by atoms with Gasteiger partial charge in [0.05, 0.1) is 6.42 Å². The van der Waals surface area contributed by atoms with Crippen LogP contribution in [0.5, 0.6) is 17.5 Å². The van der Waals surface area contributed by atoms with E-state index in [4.69, 9.17) is 15.2 Å². The van der Waals surface area contributed by atoms with Crippen LogP contribution in [-0.2, 0) is 22.6 Å². The van der Waals surface area contributed by atoms with Crippen LogP contribution in [0.2, 0.25) is 0 Å². The van der Waals surface area contributed by atoms with Crippen LogP contribution in [0.4, 0.5) is 8.78 Å². The number of amides is 1. The number of rotatable bonds is 12. The maximum atomic E-state index is 14.7. The number of halogens is 2. The number of aromatic nitrogens is 1. The molecule has 0 bridgehead atoms. The van der Waals surface area contributed by atoms with Gasteiger partial charge in [0.25, 0.3) is 11.8 Å². The third-order valence-corrected chi connectivity index (χ3v) is 6.20. The molecule has 1 aromatic heterocycles. The van der Waals surface area contributed by atoms with Crippen molar-refractivity contribution in [1.82, 2.24) is 9.88 Å². The Morgan fingerprint density at radius 2 is 1.60 bits per heavy atom. The summed E-state index contributed by atoms with van der Waals surface area (Å²) in [5, 5.41) is 9.25. The lowest BCUT2D eigenvalue weighted by molar-refractivity contribution is -0.145. The highest BCUT2D eigenvalue weighted by molar-refractivity contribution is 5.80. The number of nitrogens with zero attached hydrogens (tertiary/aromatic N) is 2. The van der Waals surface area contributed by atoms with Crippen LogP contribution in [0.1, 0.15) is 52.2 Å². The van der Waals surface area contributed by atoms with Gasteiger partial charge in [0.1, 0.15) is 5.75 Å². The molecule has 0 fully saturated rings. The molecule has 0 aliphatic rings. The number of ether oxygens (including phenoxy) is 2. The Balaban J connectivity index is 2.05. The van der Waals surface area contributed by atoms with Crippen LogP contribution >= 0.6 is 0 Å². The van der Waals surface area contributed by atoms with Crippen LogP contribution in [0.25, 0.3) is 11.1 Å². The van der Waals surface area contributed by atoms with Gasteiger partial charge < -0.3 is 25.2 Å². The highest BCUT2D eigenvalue weighted by Gasteiger charge is 2.24. The standard InChI is InChI=1S/C30H35F2N3O5/c1-6-26(30(37)38)40-29-25(32)15-24(31)28(34-29)39-23-12-20(13-27(36)35(17(2)3)18(4)5)11-22(14-23)21-9-7-8-19(10-21)16-33/h7-12,14-15,17-18,26H,6,13,16,33H2,1-5H3,(H,37,38)/t26-/m1/s1. The molecule has 1 atom stereocenters. The number of nitrogens with two attached hydrogens (primary N) is 1. The van der Waals surface area contributed by atoms with Gasteiger partial charge in [-0.2, -0.15) is 4.98 Å². The summed E-state index contributed by atoms with van der Waals surface area (Å²) < 4.78 is 40.0. The molecular weight excluding hydrogens is 520 g/mol. The summed E-state index contributed by atoms with van der Waals surface area (Å²) in [6.07, 6.45) is -1.28. The Morgan fingerprint density at radius 1 is 0.950 bits per heavy atom. The van der Waals surface area contributed by atoms with E-state index in [-0.39, 0.29) is 36.6 Å². The van der Waals surface area contributed by atoms with Gasteiger partial charge in [-0.1, -0.05) is 31.2 Å². The van der Waals surface area contributed by atoms with Crippen molar-refractivity contribution in [2.45, 2.75) is 72.2 Å². The molecule has 3 aromatic rings. The first-order valence-corrected chi connectivity index (χ1v) is 13.1. The van der Waals surface area contributed by atoms with Crippen LogP contribution in [-0.4, -0.2) is 45.1 Å². The zero-order chi connectivity index (χ0) is 29.6. The molecule has 0 unspecified atom stereocenters. The Bertz CT molecular complexity index is 1360. The molecule has 8 nitrogen and oxygen atoms in total. The van der Waals surface area contributed by atoms with Gasteiger partial charge >= 0.3 is 5.97 Å². The number of hydrogen-bond donors (Lipinski definition) is 2. The predicted octanol–water partition coefficient (Wildman–Crippen LogP) is 5.71. The molecule has 0 saturated heterocycles. The zero-order valence-electron chi connectivity index (χ0n) is 23.3. The highest BCUT2D eigenvalue weighted by Crippen LogP contribution is 2.32. The van der Waals surface area contributed by atoms with Gasteiger partial charge in [0.15, 0.2) is 17.7 Å². The fourth-order valence-electron chi connectivity index (χ4n) is 4.45. The van der Waals surface area contributed by atoms with Crippen molar-refractivity contribution in [1.29, 1.82) is 0 Å². The summed E-state index contributed by atoms with van der Waals surface area (Å²) in [6.45, 7) is 9.64. The average Bonchev–Trinajstić information content (AvgIpc) is 2.88. The van der Waals surface area contributed by atoms with Crippen LogP contribution < -0.4 is 15.2 Å². The van der Waals surface area contributed by atoms with Gasteiger partial charge in [-0.15, -0.1) is 0 Å². The average molecular weight is 556 g/mol. The first-order chi connectivity index (χ1) is 18.9. The van der Waals surface area contributed by atoms with Crippen molar-refractivity contribution in [3.8, 4) is 28.6 Å². The van der Waals surface area contributed by atoms with E-state index in [0.717, 1.165) is 11.1 Å². The first-order valence-electron chi connectivity index (χ1n) is 13.1. The summed E-state index contributed by atoms with van der Waals surface area (Å²) in [4.78, 5) is 30.1. The third kappa shape index (κ3) is 7.53. The van der Waals surface area contributed by atoms with Crippen molar-refractivity contribution < 1.29 is 33.0 Å². The molecule has 10 heteroatoms. The normalized spacial score (nSPS) is 11.9. The number of benzene rings is 2. The summed E-state index contributed by atoms with van der Waals surface area (Å²) in [6, 6.07) is 13.1. The van der Waals surface area contributed by atoms with E-state index in [0.29, 0.717) is 23.7 Å². The Hall–Kier alpha value is -4.05. The number of carbonyl (C=O) groups excluding carboxylic acids is 1. The number of carboxylic acids is 1. The second-order valence-corrected chi connectivity index (χ2v) is 9.95. The minimum atomic E-state index is -1.37. The molecule has 1 heterocycles. The first kappa shape index (κ1) is 30.5. The van der Waals surface area contributed by atoms with Crippen molar-refractivity contribution in [2.75, 3.05) is 0 Å². The lowest BCUT2D eigenvalue weighted by atomic mass is 9.99. The van der Waals surface area contributed by atoms with E-state index in [1.54, 1.807) is 24.0 Å². The van der Waals surface area contributed by atoms with Crippen molar-refractivity contribution in [3.63, 3.8) is 0 Å². The number of pyridine rings is 1. The monoisotopic (exact) mass is 555 g/mol. The van der Waals surface area contributed by atoms with Crippen LogP contribution in [0.3, 0.4) is 0 Å². The second kappa shape index (κ2) is 13.3. The molecule has 3 N–H and O–H groups in total. The number of hydrogen-bond acceptors (Lipinski definition) is 6. The third-order valence-electron chi connectivity index (χ3n) is 6.20. The van der Waals surface area contributed by atoms with E-state index >= 15 is 0 Å². The zero-order valence-corrected chi connectivity index (χ0v) is 23.3. The summed E-state index contributed by atoms with van der Waals surface area (Å²) in [5.41, 5.74) is 8.81. The topological polar surface area (TPSA) is 115 Å². The fraction of sp³-hybridized carbons (Fsp3) is 0.367. The number of carboxylic acid groups (broad SMARTS) is 1. The molecule has 0 saturated carbocycles. The molecule has 40 heavy (non-hydrogen) atoms. The molecular formula is C30H35F2N3O5. The minimum absolute atomic E-state index is 0.0127. The molecule has 2 aromatic carbocycles. The molecule has 1 amide bonds. The molecule has 214 valence electrons. The molecule has 0 spiro atoms. The number of aliphatic carboxylic acids is 1. The van der Waals surface area contributed by atoms with E-state index in [1.165, 1.54) is 0 Å². The van der Waals surface area contributed by atoms with E-state index in [2.05, 4.69) is 4.98 Å². The molecule has 0 radical (unpaired) electrons. The van der Waals surface area contributed by atoms with Gasteiger partial charge in [0.2, 0.25) is 5.91 Å². The molecule has 0 aliphatic carbocycles. The lowest BCUT2D eigenvalue weighted by Crippen LogP contribution is -2.42. The van der Waals surface area contributed by atoms with Gasteiger partial charge in [0, 0.05) is 24.7 Å². The molecule has 0 aliphatic heterocycles. The Kier molecular flexibility index (Phi) is 10.2. The molecule has 3 rings (SSSR count). The predicted molar refractivity (Wildman–Crippen MR) is 147 cm³/mol. The van der Waals surface area contributed by atoms with Crippen LogP contribution in [0.15, 0.2) is 48.5 Å². The summed E-state index contributed by atoms with van der Waals surface area (Å²) in [7, 11) is 0. The fourth-order valence-corrected chi connectivity index (χ4v) is 4.45. The number of carbonyl (C=O) groups is 2. The largest absolute Gasteiger partial charge is 0.479 e. The lowest BCUT2D eigenvalue weighted by Gasteiger charge is -2.31. The van der Waals surface area contributed by atoms with Crippen molar-refractivity contribution in [3.05, 3.63) is 71.3 Å². The smallest absolute Gasteiger partial charge is 0.344 e. The van der Waals surface area contributed by atoms with E-state index in [1.807, 2.05) is 58.0 Å². The maximum absolute atomic E-state index is 14.7. The van der Waals surface area contributed by atoms with E-state index < -0.39 is 35.5 Å². The SMILES string of the molecule is CC[C@@H](Oc1nc(Oc2cc(CC(=O)N(C(C)C)C(C)C)cc(-c3cccc(CN)c3)c2)c(F)cc1F)C(=O)O. The Labute approximate surface area is 232 Å². The second-order valence-electron chi connectivity index (χ2n) is 9.95. The van der Waals surface area contributed by atoms with Crippen molar-refractivity contribution in [2.24, 2.45) is 5.73 Å².